The van der Waals surface area contributed by atoms with Gasteiger partial charge < -0.3 is 9.72 Å². The molecule has 0 aliphatic rings. The molecule has 0 bridgehead atoms. The molecular weight excluding hydrogens is 344 g/mol. The quantitative estimate of drug-likeness (QED) is 0.520. The summed E-state index contributed by atoms with van der Waals surface area (Å²) < 4.78 is 5.22. The highest BCUT2D eigenvalue weighted by Crippen LogP contribution is 2.27. The van der Waals surface area contributed by atoms with Crippen LogP contribution in [0.3, 0.4) is 0 Å². The number of para-hydroxylation sites is 2. The summed E-state index contributed by atoms with van der Waals surface area (Å²) in [6.07, 6.45) is 0.553. The molecule has 0 aliphatic heterocycles. The van der Waals surface area contributed by atoms with E-state index in [-0.39, 0.29) is 11.2 Å². The number of hydrogen-bond donors (Lipinski definition) is 1. The molecule has 2 aromatic carbocycles. The Bertz CT molecular complexity index is 799. The van der Waals surface area contributed by atoms with Crippen LogP contribution >= 0.6 is 23.4 Å². The van der Waals surface area contributed by atoms with Gasteiger partial charge in [0.05, 0.1) is 17.6 Å². The fourth-order valence-electron chi connectivity index (χ4n) is 2.36. The Morgan fingerprint density at radius 1 is 1.25 bits per heavy atom. The van der Waals surface area contributed by atoms with E-state index >= 15 is 0 Å². The van der Waals surface area contributed by atoms with E-state index in [0.717, 1.165) is 16.6 Å². The second kappa shape index (κ2) is 7.73. The highest BCUT2D eigenvalue weighted by atomic mass is 35.5. The molecule has 0 radical (unpaired) electrons. The minimum Gasteiger partial charge on any atom is -0.465 e. The maximum Gasteiger partial charge on any atom is 0.319 e. The van der Waals surface area contributed by atoms with Crippen molar-refractivity contribution < 1.29 is 9.53 Å². The monoisotopic (exact) mass is 360 g/mol. The normalized spacial score (nSPS) is 12.2. The van der Waals surface area contributed by atoms with Gasteiger partial charge >= 0.3 is 5.97 Å². The van der Waals surface area contributed by atoms with Crippen molar-refractivity contribution >= 4 is 40.4 Å². The topological polar surface area (TPSA) is 55.0 Å². The minimum atomic E-state index is -0.369. The Balaban J connectivity index is 1.81. The number of nitrogens with one attached hydrogen (secondary N) is 1. The molecule has 124 valence electrons. The summed E-state index contributed by atoms with van der Waals surface area (Å²) in [5.74, 6) is -0.238. The Labute approximate surface area is 149 Å². The highest BCUT2D eigenvalue weighted by Gasteiger charge is 2.23. The van der Waals surface area contributed by atoms with Crippen molar-refractivity contribution in [2.45, 2.75) is 23.8 Å². The lowest BCUT2D eigenvalue weighted by Crippen LogP contribution is -2.23. The van der Waals surface area contributed by atoms with Gasteiger partial charge in [-0.25, -0.2) is 4.98 Å². The average molecular weight is 361 g/mol. The van der Waals surface area contributed by atoms with E-state index in [1.807, 2.05) is 55.5 Å². The number of esters is 1. The second-order valence-corrected chi connectivity index (χ2v) is 6.88. The molecular formula is C18H17ClN2O2S. The molecule has 0 amide bonds. The minimum absolute atomic E-state index is 0.238. The van der Waals surface area contributed by atoms with Crippen LogP contribution in [0.4, 0.5) is 0 Å². The number of aromatic amines is 1. The van der Waals surface area contributed by atoms with Crippen LogP contribution in [0.15, 0.2) is 53.7 Å². The van der Waals surface area contributed by atoms with Gasteiger partial charge in [-0.05, 0) is 43.2 Å². The molecule has 0 saturated carbocycles. The maximum absolute atomic E-state index is 12.3. The van der Waals surface area contributed by atoms with E-state index in [1.165, 1.54) is 11.8 Å². The molecule has 6 heteroatoms. The summed E-state index contributed by atoms with van der Waals surface area (Å²) >= 11 is 7.31. The maximum atomic E-state index is 12.3. The Kier molecular flexibility index (Phi) is 5.43. The van der Waals surface area contributed by atoms with E-state index in [4.69, 9.17) is 16.3 Å². The van der Waals surface area contributed by atoms with Crippen LogP contribution in [0.1, 0.15) is 12.5 Å². The predicted octanol–water partition coefficient (Wildman–Crippen LogP) is 4.48. The average Bonchev–Trinajstić information content (AvgIpc) is 2.99. The summed E-state index contributed by atoms with van der Waals surface area (Å²) in [5.41, 5.74) is 2.87. The fraction of sp³-hybridized carbons (Fsp3) is 0.222. The number of imidazole rings is 1. The standard InChI is InChI=1S/C18H17ClN2O2S/c1-2-23-17(22)16(11-12-7-9-13(19)10-8-12)24-18-20-14-5-3-4-6-15(14)21-18/h3-10,16H,2,11H2,1H3,(H,20,21)/t16-/m1/s1. The summed E-state index contributed by atoms with van der Waals surface area (Å²) in [6.45, 7) is 2.17. The molecule has 1 atom stereocenters. The lowest BCUT2D eigenvalue weighted by molar-refractivity contribution is -0.142. The SMILES string of the molecule is CCOC(=O)[C@@H](Cc1ccc(Cl)cc1)Sc1nc2ccccc2[nH]1. The van der Waals surface area contributed by atoms with Gasteiger partial charge in [-0.15, -0.1) is 0 Å². The lowest BCUT2D eigenvalue weighted by Gasteiger charge is -2.14. The van der Waals surface area contributed by atoms with E-state index < -0.39 is 0 Å². The summed E-state index contributed by atoms with van der Waals surface area (Å²) in [6, 6.07) is 15.3. The third-order valence-corrected chi connectivity index (χ3v) is 4.82. The van der Waals surface area contributed by atoms with Crippen LogP contribution in [-0.4, -0.2) is 27.8 Å². The molecule has 1 aromatic heterocycles. The number of thioether (sulfide) groups is 1. The molecule has 0 unspecified atom stereocenters. The van der Waals surface area contributed by atoms with Crippen molar-refractivity contribution in [3.05, 3.63) is 59.1 Å². The molecule has 4 nitrogen and oxygen atoms in total. The number of benzene rings is 2. The van der Waals surface area contributed by atoms with Crippen LogP contribution in [0.2, 0.25) is 5.02 Å². The second-order valence-electron chi connectivity index (χ2n) is 5.25. The van der Waals surface area contributed by atoms with Gasteiger partial charge in [0.25, 0.3) is 0 Å². The number of halogens is 1. The number of rotatable bonds is 6. The number of fused-ring (bicyclic) bond motifs is 1. The molecule has 0 fully saturated rings. The Hall–Kier alpha value is -1.98. The largest absolute Gasteiger partial charge is 0.465 e. The van der Waals surface area contributed by atoms with Gasteiger partial charge in [0, 0.05) is 5.02 Å². The van der Waals surface area contributed by atoms with E-state index in [0.29, 0.717) is 23.2 Å². The first kappa shape index (κ1) is 16.9. The molecule has 1 heterocycles. The van der Waals surface area contributed by atoms with E-state index in [1.54, 1.807) is 0 Å². The predicted molar refractivity (Wildman–Crippen MR) is 97.5 cm³/mol. The number of carbonyl (C=O) groups excluding carboxylic acids is 1. The van der Waals surface area contributed by atoms with Gasteiger partial charge in [0.15, 0.2) is 5.16 Å². The van der Waals surface area contributed by atoms with Crippen molar-refractivity contribution in [2.24, 2.45) is 0 Å². The van der Waals surface area contributed by atoms with Crippen molar-refractivity contribution in [1.82, 2.24) is 9.97 Å². The van der Waals surface area contributed by atoms with Crippen molar-refractivity contribution in [3.63, 3.8) is 0 Å². The van der Waals surface area contributed by atoms with Crippen LogP contribution in [0.25, 0.3) is 11.0 Å². The molecule has 3 rings (SSSR count). The van der Waals surface area contributed by atoms with Crippen LogP contribution < -0.4 is 0 Å². The zero-order chi connectivity index (χ0) is 16.9. The number of H-pyrrole nitrogens is 1. The first-order valence-corrected chi connectivity index (χ1v) is 8.94. The first-order valence-electron chi connectivity index (χ1n) is 7.68. The molecule has 0 saturated heterocycles. The third kappa shape index (κ3) is 4.10. The smallest absolute Gasteiger partial charge is 0.319 e. The molecule has 0 aliphatic carbocycles. The number of carbonyl (C=O) groups is 1. The number of ether oxygens (including phenoxy) is 1. The first-order chi connectivity index (χ1) is 11.7. The molecule has 3 aromatic rings. The molecule has 1 N–H and O–H groups in total. The molecule has 0 spiro atoms. The van der Waals surface area contributed by atoms with Gasteiger partial charge in [-0.3, -0.25) is 4.79 Å². The van der Waals surface area contributed by atoms with E-state index in [2.05, 4.69) is 9.97 Å². The van der Waals surface area contributed by atoms with Crippen molar-refractivity contribution in [2.75, 3.05) is 6.61 Å². The van der Waals surface area contributed by atoms with Gasteiger partial charge in [-0.2, -0.15) is 0 Å². The van der Waals surface area contributed by atoms with Gasteiger partial charge in [0.2, 0.25) is 0 Å². The van der Waals surface area contributed by atoms with Crippen LogP contribution in [0.5, 0.6) is 0 Å². The Morgan fingerprint density at radius 2 is 2.00 bits per heavy atom. The van der Waals surface area contributed by atoms with E-state index in [9.17, 15) is 4.79 Å². The number of aromatic nitrogens is 2. The lowest BCUT2D eigenvalue weighted by atomic mass is 10.1. The van der Waals surface area contributed by atoms with Crippen molar-refractivity contribution in [3.8, 4) is 0 Å². The summed E-state index contributed by atoms with van der Waals surface area (Å²) in [7, 11) is 0. The number of nitrogens with zero attached hydrogens (tertiary/aromatic N) is 1. The zero-order valence-corrected chi connectivity index (χ0v) is 14.7. The van der Waals surface area contributed by atoms with Crippen LogP contribution in [-0.2, 0) is 16.0 Å². The summed E-state index contributed by atoms with van der Waals surface area (Å²) in [4.78, 5) is 20.1. The summed E-state index contributed by atoms with van der Waals surface area (Å²) in [5, 5.41) is 1.02. The Morgan fingerprint density at radius 3 is 2.71 bits per heavy atom. The highest BCUT2D eigenvalue weighted by molar-refractivity contribution is 8.00. The van der Waals surface area contributed by atoms with Gasteiger partial charge in [0.1, 0.15) is 5.25 Å². The fourth-order valence-corrected chi connectivity index (χ4v) is 3.52. The van der Waals surface area contributed by atoms with Crippen LogP contribution in [0, 0.1) is 0 Å². The zero-order valence-electron chi connectivity index (χ0n) is 13.2. The van der Waals surface area contributed by atoms with Crippen molar-refractivity contribution in [1.29, 1.82) is 0 Å². The number of hydrogen-bond acceptors (Lipinski definition) is 4. The third-order valence-electron chi connectivity index (χ3n) is 3.51. The van der Waals surface area contributed by atoms with Gasteiger partial charge in [-0.1, -0.05) is 47.6 Å². The molecule has 24 heavy (non-hydrogen) atoms.